The summed E-state index contributed by atoms with van der Waals surface area (Å²) in [5.74, 6) is 0.955. The summed E-state index contributed by atoms with van der Waals surface area (Å²) in [6.45, 7) is 0.352. The Bertz CT molecular complexity index is 1090. The highest BCUT2D eigenvalue weighted by atomic mass is 35.5. The topological polar surface area (TPSA) is 35.5 Å². The number of ketones is 1. The highest BCUT2D eigenvalue weighted by Crippen LogP contribution is 2.36. The lowest BCUT2D eigenvalue weighted by atomic mass is 10.1. The molecule has 0 unspecified atom stereocenters. The van der Waals surface area contributed by atoms with Gasteiger partial charge in [-0.2, -0.15) is 0 Å². The number of hydrogen-bond acceptors (Lipinski definition) is 3. The van der Waals surface area contributed by atoms with Crippen molar-refractivity contribution in [2.75, 3.05) is 0 Å². The zero-order chi connectivity index (χ0) is 19.7. The van der Waals surface area contributed by atoms with Gasteiger partial charge in [0.2, 0.25) is 5.78 Å². The second-order valence-electron chi connectivity index (χ2n) is 6.15. The fourth-order valence-electron chi connectivity index (χ4n) is 2.83. The lowest BCUT2D eigenvalue weighted by molar-refractivity contribution is 0.101. The zero-order valence-electron chi connectivity index (χ0n) is 14.4. The Hall–Kier alpha value is -2.46. The number of fused-ring (bicyclic) bond motifs is 1. The molecule has 0 spiro atoms. The lowest BCUT2D eigenvalue weighted by Gasteiger charge is -2.07. The number of benzene rings is 3. The Morgan fingerprint density at radius 3 is 2.43 bits per heavy atom. The summed E-state index contributed by atoms with van der Waals surface area (Å²) in [5, 5.41) is 1.53. The maximum Gasteiger partial charge on any atom is 0.231 e. The highest BCUT2D eigenvalue weighted by Gasteiger charge is 2.28. The average Bonchev–Trinajstić information content (AvgIpc) is 2.98. The van der Waals surface area contributed by atoms with Crippen LogP contribution in [0.1, 0.15) is 21.5 Å². The van der Waals surface area contributed by atoms with Crippen molar-refractivity contribution in [3.63, 3.8) is 0 Å². The Morgan fingerprint density at radius 1 is 0.929 bits per heavy atom. The minimum Gasteiger partial charge on any atom is -0.489 e. The fourth-order valence-corrected chi connectivity index (χ4v) is 3.55. The van der Waals surface area contributed by atoms with Gasteiger partial charge in [0.25, 0.3) is 0 Å². The van der Waals surface area contributed by atoms with E-state index in [9.17, 15) is 4.79 Å². The minimum atomic E-state index is -0.229. The normalized spacial score (nSPS) is 14.1. The van der Waals surface area contributed by atoms with E-state index in [1.807, 2.05) is 18.2 Å². The molecule has 3 nitrogen and oxygen atoms in total. The number of carbonyl (C=O) groups excluding carboxylic acids is 1. The zero-order valence-corrected chi connectivity index (χ0v) is 16.7. The summed E-state index contributed by atoms with van der Waals surface area (Å²) >= 11 is 18.3. The number of allylic oxidation sites excluding steroid dienone is 1. The van der Waals surface area contributed by atoms with Crippen LogP contribution >= 0.6 is 34.8 Å². The largest absolute Gasteiger partial charge is 0.489 e. The first-order valence-electron chi connectivity index (χ1n) is 8.41. The Kier molecular flexibility index (Phi) is 5.31. The van der Waals surface area contributed by atoms with Gasteiger partial charge in [-0.05, 0) is 48.0 Å². The van der Waals surface area contributed by atoms with Crippen LogP contribution in [0.5, 0.6) is 11.5 Å². The molecule has 0 bridgehead atoms. The van der Waals surface area contributed by atoms with E-state index < -0.39 is 0 Å². The summed E-state index contributed by atoms with van der Waals surface area (Å²) in [6, 6.07) is 17.7. The first-order chi connectivity index (χ1) is 13.5. The molecular formula is C22H13Cl3O3. The lowest BCUT2D eigenvalue weighted by Crippen LogP contribution is -1.98. The molecule has 0 atom stereocenters. The van der Waals surface area contributed by atoms with E-state index in [0.29, 0.717) is 44.3 Å². The Balaban J connectivity index is 1.55. The van der Waals surface area contributed by atoms with Crippen molar-refractivity contribution in [3.05, 3.63) is 98.2 Å². The SMILES string of the molecule is O=C1C(=Cc2c(Cl)cccc2Cl)Oc2cc(OCc3cccc(Cl)c3)ccc21. The maximum atomic E-state index is 12.6. The quantitative estimate of drug-likeness (QED) is 0.424. The molecule has 4 rings (SSSR count). The van der Waals surface area contributed by atoms with Crippen LogP contribution in [-0.2, 0) is 6.61 Å². The van der Waals surface area contributed by atoms with E-state index >= 15 is 0 Å². The highest BCUT2D eigenvalue weighted by molar-refractivity contribution is 6.37. The van der Waals surface area contributed by atoms with Crippen LogP contribution < -0.4 is 9.47 Å². The predicted molar refractivity (Wildman–Crippen MR) is 112 cm³/mol. The fraction of sp³-hybridized carbons (Fsp3) is 0.0455. The molecule has 1 heterocycles. The van der Waals surface area contributed by atoms with Crippen LogP contribution in [0.25, 0.3) is 6.08 Å². The van der Waals surface area contributed by atoms with Gasteiger partial charge in [-0.1, -0.05) is 53.0 Å². The van der Waals surface area contributed by atoms with Gasteiger partial charge in [0, 0.05) is 26.7 Å². The van der Waals surface area contributed by atoms with E-state index in [1.165, 1.54) is 0 Å². The van der Waals surface area contributed by atoms with Gasteiger partial charge in [0.15, 0.2) is 5.76 Å². The first kappa shape index (κ1) is 18.9. The van der Waals surface area contributed by atoms with Gasteiger partial charge >= 0.3 is 0 Å². The minimum absolute atomic E-state index is 0.164. The number of Topliss-reactive ketones (excluding diaryl/α,β-unsaturated/α-hetero) is 1. The number of rotatable bonds is 4. The van der Waals surface area contributed by atoms with Crippen molar-refractivity contribution < 1.29 is 14.3 Å². The molecule has 0 aliphatic carbocycles. The summed E-state index contributed by atoms with van der Waals surface area (Å²) < 4.78 is 11.5. The maximum absolute atomic E-state index is 12.6. The number of ether oxygens (including phenoxy) is 2. The molecule has 3 aromatic carbocycles. The standard InChI is InChI=1S/C22H13Cl3O3/c23-14-4-1-3-13(9-14)12-27-15-7-8-16-20(10-15)28-21(22(16)26)11-17-18(24)5-2-6-19(17)25/h1-11H,12H2. The summed E-state index contributed by atoms with van der Waals surface area (Å²) in [7, 11) is 0. The van der Waals surface area contributed by atoms with Crippen LogP contribution in [0.2, 0.25) is 15.1 Å². The monoisotopic (exact) mass is 430 g/mol. The van der Waals surface area contributed by atoms with Gasteiger partial charge in [-0.3, -0.25) is 4.79 Å². The van der Waals surface area contributed by atoms with Crippen LogP contribution in [0.3, 0.4) is 0 Å². The predicted octanol–water partition coefficient (Wildman–Crippen LogP) is 6.84. The summed E-state index contributed by atoms with van der Waals surface area (Å²) in [5.41, 5.74) is 1.95. The van der Waals surface area contributed by atoms with E-state index in [2.05, 4.69) is 0 Å². The molecule has 1 aliphatic heterocycles. The molecule has 0 aromatic heterocycles. The van der Waals surface area contributed by atoms with Gasteiger partial charge in [-0.25, -0.2) is 0 Å². The molecule has 1 aliphatic rings. The van der Waals surface area contributed by atoms with Crippen molar-refractivity contribution in [3.8, 4) is 11.5 Å². The number of hydrogen-bond donors (Lipinski definition) is 0. The third-order valence-electron chi connectivity index (χ3n) is 4.21. The average molecular weight is 432 g/mol. The van der Waals surface area contributed by atoms with Crippen molar-refractivity contribution in [2.24, 2.45) is 0 Å². The third kappa shape index (κ3) is 3.88. The Labute approximate surface area is 177 Å². The first-order valence-corrected chi connectivity index (χ1v) is 9.54. The van der Waals surface area contributed by atoms with Crippen LogP contribution in [-0.4, -0.2) is 5.78 Å². The van der Waals surface area contributed by atoms with Crippen molar-refractivity contribution in [2.45, 2.75) is 6.61 Å². The van der Waals surface area contributed by atoms with Crippen LogP contribution in [0.4, 0.5) is 0 Å². The molecule has 0 saturated heterocycles. The second kappa shape index (κ2) is 7.88. The number of halogens is 3. The van der Waals surface area contributed by atoms with Crippen LogP contribution in [0, 0.1) is 0 Å². The van der Waals surface area contributed by atoms with Crippen molar-refractivity contribution in [1.29, 1.82) is 0 Å². The van der Waals surface area contributed by atoms with Gasteiger partial charge < -0.3 is 9.47 Å². The van der Waals surface area contributed by atoms with Crippen LogP contribution in [0.15, 0.2) is 66.4 Å². The molecule has 28 heavy (non-hydrogen) atoms. The molecule has 0 saturated carbocycles. The van der Waals surface area contributed by atoms with E-state index in [0.717, 1.165) is 5.56 Å². The molecule has 0 amide bonds. The van der Waals surface area contributed by atoms with Gasteiger partial charge in [0.05, 0.1) is 5.56 Å². The molecular weight excluding hydrogens is 419 g/mol. The van der Waals surface area contributed by atoms with Crippen molar-refractivity contribution >= 4 is 46.7 Å². The Morgan fingerprint density at radius 2 is 1.68 bits per heavy atom. The number of carbonyl (C=O) groups is 1. The third-order valence-corrected chi connectivity index (χ3v) is 5.11. The molecule has 140 valence electrons. The molecule has 0 N–H and O–H groups in total. The van der Waals surface area contributed by atoms with E-state index in [4.69, 9.17) is 44.3 Å². The molecule has 6 heteroatoms. The molecule has 0 radical (unpaired) electrons. The van der Waals surface area contributed by atoms with Gasteiger partial charge in [-0.15, -0.1) is 0 Å². The smallest absolute Gasteiger partial charge is 0.231 e. The summed E-state index contributed by atoms with van der Waals surface area (Å²) in [4.78, 5) is 12.6. The molecule has 3 aromatic rings. The second-order valence-corrected chi connectivity index (χ2v) is 7.40. The van der Waals surface area contributed by atoms with E-state index in [1.54, 1.807) is 48.5 Å². The summed E-state index contributed by atoms with van der Waals surface area (Å²) in [6.07, 6.45) is 1.56. The van der Waals surface area contributed by atoms with Gasteiger partial charge in [0.1, 0.15) is 18.1 Å². The van der Waals surface area contributed by atoms with Crippen molar-refractivity contribution in [1.82, 2.24) is 0 Å². The molecule has 0 fully saturated rings. The van der Waals surface area contributed by atoms with E-state index in [-0.39, 0.29) is 11.5 Å².